The molecule has 1 atom stereocenters. The molecule has 0 radical (unpaired) electrons. The minimum atomic E-state index is -4.98. The summed E-state index contributed by atoms with van der Waals surface area (Å²) in [5, 5.41) is 13.9. The minimum Gasteiger partial charge on any atom is -0.502 e. The predicted molar refractivity (Wildman–Crippen MR) is 77.8 cm³/mol. The Morgan fingerprint density at radius 1 is 1.43 bits per heavy atom. The fourth-order valence-electron chi connectivity index (χ4n) is 1.50. The lowest BCUT2D eigenvalue weighted by atomic mass is 10.0. The van der Waals surface area contributed by atoms with Crippen LogP contribution in [0, 0.1) is 6.92 Å². The fraction of sp³-hybridized carbons (Fsp3) is 0.429. The van der Waals surface area contributed by atoms with Crippen LogP contribution < -0.4 is 10.6 Å². The SMILES string of the molecule is CCOC=CC(O)(CNC(=O)Nc1cccc(C)n1)C(F)(F)F. The highest BCUT2D eigenvalue weighted by Gasteiger charge is 2.52. The van der Waals surface area contributed by atoms with E-state index < -0.39 is 24.4 Å². The Labute approximate surface area is 131 Å². The van der Waals surface area contributed by atoms with Gasteiger partial charge in [-0.15, -0.1) is 0 Å². The highest BCUT2D eigenvalue weighted by Crippen LogP contribution is 2.31. The number of pyridine rings is 1. The number of urea groups is 1. The van der Waals surface area contributed by atoms with Gasteiger partial charge in [-0.05, 0) is 32.1 Å². The lowest BCUT2D eigenvalue weighted by Crippen LogP contribution is -2.52. The number of rotatable bonds is 6. The van der Waals surface area contributed by atoms with Gasteiger partial charge in [0.1, 0.15) is 5.82 Å². The molecule has 1 aromatic rings. The highest BCUT2D eigenvalue weighted by atomic mass is 19.4. The molecule has 0 aliphatic carbocycles. The summed E-state index contributed by atoms with van der Waals surface area (Å²) in [5.41, 5.74) is -2.60. The van der Waals surface area contributed by atoms with Gasteiger partial charge in [0.15, 0.2) is 5.60 Å². The number of amides is 2. The molecule has 3 N–H and O–H groups in total. The van der Waals surface area contributed by atoms with E-state index in [4.69, 9.17) is 0 Å². The Balaban J connectivity index is 2.69. The van der Waals surface area contributed by atoms with Crippen LogP contribution in [-0.2, 0) is 4.74 Å². The zero-order valence-electron chi connectivity index (χ0n) is 12.6. The summed E-state index contributed by atoms with van der Waals surface area (Å²) >= 11 is 0. The van der Waals surface area contributed by atoms with Crippen LogP contribution in [0.1, 0.15) is 12.6 Å². The number of aliphatic hydroxyl groups is 1. The van der Waals surface area contributed by atoms with Crippen LogP contribution in [0.4, 0.5) is 23.8 Å². The molecule has 0 aliphatic heterocycles. The molecule has 0 saturated heterocycles. The van der Waals surface area contributed by atoms with Gasteiger partial charge in [-0.25, -0.2) is 9.78 Å². The number of halogens is 3. The number of carbonyl (C=O) groups excluding carboxylic acids is 1. The summed E-state index contributed by atoms with van der Waals surface area (Å²) in [6.07, 6.45) is -3.79. The largest absolute Gasteiger partial charge is 0.502 e. The number of alkyl halides is 3. The van der Waals surface area contributed by atoms with Crippen LogP contribution in [0.15, 0.2) is 30.5 Å². The summed E-state index contributed by atoms with van der Waals surface area (Å²) in [7, 11) is 0. The lowest BCUT2D eigenvalue weighted by Gasteiger charge is -2.27. The van der Waals surface area contributed by atoms with Crippen molar-refractivity contribution < 1.29 is 27.8 Å². The summed E-state index contributed by atoms with van der Waals surface area (Å²) in [4.78, 5) is 15.6. The highest BCUT2D eigenvalue weighted by molar-refractivity contribution is 5.88. The molecule has 0 aliphatic rings. The first-order chi connectivity index (χ1) is 10.7. The molecule has 1 unspecified atom stereocenters. The van der Waals surface area contributed by atoms with Crippen LogP contribution >= 0.6 is 0 Å². The summed E-state index contributed by atoms with van der Waals surface area (Å²) in [6, 6.07) is 3.90. The van der Waals surface area contributed by atoms with Crippen molar-refractivity contribution >= 4 is 11.8 Å². The van der Waals surface area contributed by atoms with Gasteiger partial charge in [0, 0.05) is 5.69 Å². The third-order valence-corrected chi connectivity index (χ3v) is 2.75. The normalized spacial score (nSPS) is 14.3. The lowest BCUT2D eigenvalue weighted by molar-refractivity contribution is -0.237. The van der Waals surface area contributed by atoms with E-state index in [9.17, 15) is 23.1 Å². The third-order valence-electron chi connectivity index (χ3n) is 2.75. The van der Waals surface area contributed by atoms with Crippen LogP contribution in [0.5, 0.6) is 0 Å². The second kappa shape index (κ2) is 7.82. The minimum absolute atomic E-state index is 0.150. The van der Waals surface area contributed by atoms with Gasteiger partial charge in [0.25, 0.3) is 0 Å². The van der Waals surface area contributed by atoms with E-state index in [1.165, 1.54) is 6.07 Å². The van der Waals surface area contributed by atoms with Crippen LogP contribution in [0.25, 0.3) is 0 Å². The van der Waals surface area contributed by atoms with Gasteiger partial charge in [-0.3, -0.25) is 5.32 Å². The van der Waals surface area contributed by atoms with Gasteiger partial charge >= 0.3 is 12.2 Å². The number of nitrogens with zero attached hydrogens (tertiary/aromatic N) is 1. The molecular formula is C14H18F3N3O3. The summed E-state index contributed by atoms with van der Waals surface area (Å²) < 4.78 is 43.4. The van der Waals surface area contributed by atoms with E-state index >= 15 is 0 Å². The zero-order valence-corrected chi connectivity index (χ0v) is 12.6. The molecule has 0 saturated carbocycles. The molecule has 0 fully saturated rings. The number of nitrogens with one attached hydrogen (secondary N) is 2. The van der Waals surface area contributed by atoms with Crippen LogP contribution in [0.2, 0.25) is 0 Å². The number of hydrogen-bond acceptors (Lipinski definition) is 4. The second-order valence-electron chi connectivity index (χ2n) is 4.65. The maximum atomic E-state index is 12.9. The molecule has 1 aromatic heterocycles. The number of aromatic nitrogens is 1. The van der Waals surface area contributed by atoms with E-state index in [2.05, 4.69) is 15.0 Å². The average Bonchev–Trinajstić information content (AvgIpc) is 2.44. The molecule has 0 aromatic carbocycles. The smallest absolute Gasteiger partial charge is 0.422 e. The van der Waals surface area contributed by atoms with Crippen molar-refractivity contribution in [3.05, 3.63) is 36.2 Å². The predicted octanol–water partition coefficient (Wildman–Crippen LogP) is 2.36. The van der Waals surface area contributed by atoms with Crippen molar-refractivity contribution in [3.8, 4) is 0 Å². The zero-order chi connectivity index (χ0) is 17.5. The molecule has 9 heteroatoms. The van der Waals surface area contributed by atoms with Crippen molar-refractivity contribution in [3.63, 3.8) is 0 Å². The quantitative estimate of drug-likeness (QED) is 0.698. The topological polar surface area (TPSA) is 83.5 Å². The second-order valence-corrected chi connectivity index (χ2v) is 4.65. The van der Waals surface area contributed by atoms with E-state index in [1.54, 1.807) is 26.0 Å². The Hall–Kier alpha value is -2.29. The Kier molecular flexibility index (Phi) is 6.38. The number of hydrogen-bond donors (Lipinski definition) is 3. The van der Waals surface area contributed by atoms with Crippen molar-refractivity contribution in [1.82, 2.24) is 10.3 Å². The van der Waals surface area contributed by atoms with E-state index in [1.807, 2.05) is 5.32 Å². The Morgan fingerprint density at radius 3 is 2.70 bits per heavy atom. The molecule has 128 valence electrons. The van der Waals surface area contributed by atoms with Crippen molar-refractivity contribution in [1.29, 1.82) is 0 Å². The maximum Gasteiger partial charge on any atom is 0.422 e. The molecule has 23 heavy (non-hydrogen) atoms. The first-order valence-corrected chi connectivity index (χ1v) is 6.75. The van der Waals surface area contributed by atoms with Crippen LogP contribution in [-0.4, -0.2) is 41.1 Å². The van der Waals surface area contributed by atoms with E-state index in [0.717, 1.165) is 6.26 Å². The van der Waals surface area contributed by atoms with Gasteiger partial charge < -0.3 is 15.2 Å². The number of anilines is 1. The van der Waals surface area contributed by atoms with Gasteiger partial charge in [-0.2, -0.15) is 13.2 Å². The fourth-order valence-corrected chi connectivity index (χ4v) is 1.50. The first kappa shape index (κ1) is 18.8. The van der Waals surface area contributed by atoms with E-state index in [-0.39, 0.29) is 12.4 Å². The molecule has 1 rings (SSSR count). The number of ether oxygens (including phenoxy) is 1. The molecular weight excluding hydrogens is 315 g/mol. The molecule has 6 nitrogen and oxygen atoms in total. The van der Waals surface area contributed by atoms with Crippen LogP contribution in [0.3, 0.4) is 0 Å². The molecule has 2 amide bonds. The van der Waals surface area contributed by atoms with E-state index in [0.29, 0.717) is 11.8 Å². The van der Waals surface area contributed by atoms with Crippen molar-refractivity contribution in [2.45, 2.75) is 25.6 Å². The molecule has 1 heterocycles. The molecule has 0 spiro atoms. The first-order valence-electron chi connectivity index (χ1n) is 6.75. The van der Waals surface area contributed by atoms with Gasteiger partial charge in [-0.1, -0.05) is 6.07 Å². The van der Waals surface area contributed by atoms with Crippen molar-refractivity contribution in [2.24, 2.45) is 0 Å². The van der Waals surface area contributed by atoms with Gasteiger partial charge in [0.2, 0.25) is 0 Å². The Morgan fingerprint density at radius 2 is 2.13 bits per heavy atom. The Bertz CT molecular complexity index is 564. The maximum absolute atomic E-state index is 12.9. The monoisotopic (exact) mass is 333 g/mol. The summed E-state index contributed by atoms with van der Waals surface area (Å²) in [6.45, 7) is 2.36. The van der Waals surface area contributed by atoms with Crippen molar-refractivity contribution in [2.75, 3.05) is 18.5 Å². The third kappa shape index (κ3) is 5.78. The average molecular weight is 333 g/mol. The standard InChI is InChI=1S/C14H18F3N3O3/c1-3-23-8-7-13(22,14(15,16)17)9-18-12(21)20-11-6-4-5-10(2)19-11/h4-8,22H,3,9H2,1-2H3,(H2,18,19,20,21). The van der Waals surface area contributed by atoms with Gasteiger partial charge in [0.05, 0.1) is 19.4 Å². The molecule has 0 bridgehead atoms. The number of carbonyl (C=O) groups is 1. The number of aryl methyl sites for hydroxylation is 1. The summed E-state index contributed by atoms with van der Waals surface area (Å²) in [5.74, 6) is 0.183.